The molecule has 1 fully saturated rings. The topological polar surface area (TPSA) is 78.9 Å². The van der Waals surface area contributed by atoms with E-state index in [9.17, 15) is 14.4 Å². The molecule has 1 saturated heterocycles. The molecule has 2 atom stereocenters. The van der Waals surface area contributed by atoms with Crippen molar-refractivity contribution in [2.75, 3.05) is 14.2 Å². The lowest BCUT2D eigenvalue weighted by Crippen LogP contribution is -2.40. The zero-order valence-corrected chi connectivity index (χ0v) is 13.8. The Morgan fingerprint density at radius 3 is 2.33 bits per heavy atom. The van der Waals surface area contributed by atoms with E-state index in [1.807, 2.05) is 31.2 Å². The molecule has 0 unspecified atom stereocenters. The Hall–Kier alpha value is -2.47. The van der Waals surface area contributed by atoms with Gasteiger partial charge in [-0.3, -0.25) is 4.79 Å². The highest BCUT2D eigenvalue weighted by atomic mass is 16.6. The van der Waals surface area contributed by atoms with Gasteiger partial charge in [-0.15, -0.1) is 0 Å². The molecule has 0 saturated carbocycles. The van der Waals surface area contributed by atoms with Gasteiger partial charge in [-0.05, 0) is 18.9 Å². The van der Waals surface area contributed by atoms with Crippen LogP contribution < -0.4 is 0 Å². The lowest BCUT2D eigenvalue weighted by atomic mass is 9.81. The summed E-state index contributed by atoms with van der Waals surface area (Å²) < 4.78 is 15.6. The number of methoxy groups -OCH3 is 2. The van der Waals surface area contributed by atoms with Crippen LogP contribution in [0.15, 0.2) is 35.4 Å². The number of carbonyl (C=O) groups is 3. The normalized spacial score (nSPS) is 25.6. The second-order valence-corrected chi connectivity index (χ2v) is 5.93. The predicted octanol–water partition coefficient (Wildman–Crippen LogP) is 1.59. The quantitative estimate of drug-likeness (QED) is 0.783. The first-order valence-electron chi connectivity index (χ1n) is 7.63. The largest absolute Gasteiger partial charge is 0.466 e. The van der Waals surface area contributed by atoms with E-state index in [-0.39, 0.29) is 29.8 Å². The van der Waals surface area contributed by atoms with Gasteiger partial charge in [-0.2, -0.15) is 0 Å². The number of fused-ring (bicyclic) bond motifs is 2. The van der Waals surface area contributed by atoms with Crippen molar-refractivity contribution >= 4 is 17.7 Å². The zero-order valence-electron chi connectivity index (χ0n) is 13.8. The fourth-order valence-corrected chi connectivity index (χ4v) is 3.38. The number of rotatable bonds is 3. The molecular weight excluding hydrogens is 312 g/mol. The lowest BCUT2D eigenvalue weighted by molar-refractivity contribution is -0.152. The molecule has 0 aromatic heterocycles. The first kappa shape index (κ1) is 16.4. The maximum Gasteiger partial charge on any atom is 0.337 e. The molecule has 2 aliphatic heterocycles. The number of hydrogen-bond acceptors (Lipinski definition) is 6. The first-order chi connectivity index (χ1) is 11.4. The third kappa shape index (κ3) is 2.26. The van der Waals surface area contributed by atoms with E-state index in [1.165, 1.54) is 14.2 Å². The molecule has 0 spiro atoms. The van der Waals surface area contributed by atoms with Crippen molar-refractivity contribution in [3.63, 3.8) is 0 Å². The Labute approximate surface area is 139 Å². The van der Waals surface area contributed by atoms with Crippen LogP contribution in [0.5, 0.6) is 0 Å². The van der Waals surface area contributed by atoms with Gasteiger partial charge in [0.25, 0.3) is 0 Å². The lowest BCUT2D eigenvalue weighted by Gasteiger charge is -2.35. The van der Waals surface area contributed by atoms with Gasteiger partial charge in [-0.1, -0.05) is 29.8 Å². The summed E-state index contributed by atoms with van der Waals surface area (Å²) in [7, 11) is 2.44. The van der Waals surface area contributed by atoms with Crippen LogP contribution in [-0.2, 0) is 34.2 Å². The molecule has 3 rings (SSSR count). The van der Waals surface area contributed by atoms with Crippen LogP contribution in [0.1, 0.15) is 24.0 Å². The Balaban J connectivity index is 2.25. The van der Waals surface area contributed by atoms with E-state index in [0.29, 0.717) is 5.56 Å². The minimum Gasteiger partial charge on any atom is -0.466 e. The van der Waals surface area contributed by atoms with Crippen LogP contribution in [0, 0.1) is 6.92 Å². The Kier molecular flexibility index (Phi) is 4.01. The standard InChI is InChI=1S/C18H18O6/c1-10-4-6-11(7-5-10)18-9-8-12(19)15(24-18)13(16(20)22-2)14(18)17(21)23-3/h4-7,15H,8-9H2,1-3H3/t15-,18-/m0/s1. The van der Waals surface area contributed by atoms with Crippen molar-refractivity contribution in [2.45, 2.75) is 31.5 Å². The number of ketones is 1. The highest BCUT2D eigenvalue weighted by Crippen LogP contribution is 2.51. The number of Topliss-reactive ketones (excluding diaryl/α,β-unsaturated/α-hetero) is 1. The van der Waals surface area contributed by atoms with Crippen LogP contribution in [0.4, 0.5) is 0 Å². The molecule has 2 bridgehead atoms. The number of hydrogen-bond donors (Lipinski definition) is 0. The van der Waals surface area contributed by atoms with Gasteiger partial charge in [0.15, 0.2) is 11.9 Å². The maximum absolute atomic E-state index is 12.5. The average molecular weight is 330 g/mol. The summed E-state index contributed by atoms with van der Waals surface area (Å²) in [5.41, 5.74) is 0.616. The monoisotopic (exact) mass is 330 g/mol. The summed E-state index contributed by atoms with van der Waals surface area (Å²) in [5, 5.41) is 0. The van der Waals surface area contributed by atoms with E-state index in [1.54, 1.807) is 0 Å². The minimum atomic E-state index is -1.16. The van der Waals surface area contributed by atoms with Gasteiger partial charge in [0.05, 0.1) is 25.4 Å². The molecule has 6 nitrogen and oxygen atoms in total. The van der Waals surface area contributed by atoms with Crippen LogP contribution in [0.2, 0.25) is 0 Å². The SMILES string of the molecule is COC(=O)C1=C(C(=O)OC)[C@@]2(c3ccc(C)cc3)CCC(=O)[C@@H]1O2. The van der Waals surface area contributed by atoms with E-state index in [2.05, 4.69) is 0 Å². The molecule has 0 aliphatic carbocycles. The summed E-state index contributed by atoms with van der Waals surface area (Å²) >= 11 is 0. The third-order valence-corrected chi connectivity index (χ3v) is 4.58. The molecule has 0 N–H and O–H groups in total. The molecule has 126 valence electrons. The van der Waals surface area contributed by atoms with Gasteiger partial charge in [-0.25, -0.2) is 9.59 Å². The second kappa shape index (κ2) is 5.87. The fraction of sp³-hybridized carbons (Fsp3) is 0.389. The van der Waals surface area contributed by atoms with E-state index in [4.69, 9.17) is 14.2 Å². The summed E-state index contributed by atoms with van der Waals surface area (Å²) in [6.45, 7) is 1.95. The van der Waals surface area contributed by atoms with Crippen molar-refractivity contribution in [1.29, 1.82) is 0 Å². The van der Waals surface area contributed by atoms with Crippen molar-refractivity contribution in [1.82, 2.24) is 0 Å². The van der Waals surface area contributed by atoms with E-state index < -0.39 is 23.6 Å². The zero-order chi connectivity index (χ0) is 17.5. The molecule has 0 radical (unpaired) electrons. The summed E-state index contributed by atoms with van der Waals surface area (Å²) in [6, 6.07) is 7.46. The Bertz CT molecular complexity index is 745. The molecular formula is C18H18O6. The van der Waals surface area contributed by atoms with Gasteiger partial charge in [0.2, 0.25) is 0 Å². The smallest absolute Gasteiger partial charge is 0.337 e. The van der Waals surface area contributed by atoms with Crippen molar-refractivity contribution in [3.8, 4) is 0 Å². The number of carbonyl (C=O) groups excluding carboxylic acids is 3. The highest BCUT2D eigenvalue weighted by molar-refractivity contribution is 6.09. The van der Waals surface area contributed by atoms with Gasteiger partial charge in [0, 0.05) is 6.42 Å². The molecule has 0 amide bonds. The molecule has 2 aliphatic rings. The molecule has 2 heterocycles. The van der Waals surface area contributed by atoms with Gasteiger partial charge in [0.1, 0.15) is 5.60 Å². The van der Waals surface area contributed by atoms with Crippen molar-refractivity contribution in [2.24, 2.45) is 0 Å². The number of aryl methyl sites for hydroxylation is 1. The van der Waals surface area contributed by atoms with Gasteiger partial charge < -0.3 is 14.2 Å². The number of esters is 2. The third-order valence-electron chi connectivity index (χ3n) is 4.58. The maximum atomic E-state index is 12.5. The van der Waals surface area contributed by atoms with Crippen molar-refractivity contribution < 1.29 is 28.6 Å². The molecule has 1 aromatic carbocycles. The fourth-order valence-electron chi connectivity index (χ4n) is 3.38. The van der Waals surface area contributed by atoms with E-state index in [0.717, 1.165) is 5.56 Å². The molecule has 1 aromatic rings. The van der Waals surface area contributed by atoms with Crippen LogP contribution in [-0.4, -0.2) is 38.0 Å². The summed E-state index contributed by atoms with van der Waals surface area (Å²) in [4.78, 5) is 36.9. The Morgan fingerprint density at radius 2 is 1.75 bits per heavy atom. The number of benzene rings is 1. The highest BCUT2D eigenvalue weighted by Gasteiger charge is 2.58. The van der Waals surface area contributed by atoms with E-state index >= 15 is 0 Å². The summed E-state index contributed by atoms with van der Waals surface area (Å²) in [6.07, 6.45) is -0.614. The van der Waals surface area contributed by atoms with Crippen LogP contribution in [0.3, 0.4) is 0 Å². The Morgan fingerprint density at radius 1 is 1.12 bits per heavy atom. The predicted molar refractivity (Wildman–Crippen MR) is 83.0 cm³/mol. The number of ether oxygens (including phenoxy) is 3. The minimum absolute atomic E-state index is 0.0487. The van der Waals surface area contributed by atoms with Crippen molar-refractivity contribution in [3.05, 3.63) is 46.5 Å². The second-order valence-electron chi connectivity index (χ2n) is 5.93. The summed E-state index contributed by atoms with van der Waals surface area (Å²) in [5.74, 6) is -1.67. The molecule has 6 heteroatoms. The first-order valence-corrected chi connectivity index (χ1v) is 7.63. The molecule has 24 heavy (non-hydrogen) atoms. The van der Waals surface area contributed by atoms with Crippen LogP contribution >= 0.6 is 0 Å². The average Bonchev–Trinajstić information content (AvgIpc) is 2.89. The van der Waals surface area contributed by atoms with Crippen LogP contribution in [0.25, 0.3) is 0 Å². The van der Waals surface area contributed by atoms with Gasteiger partial charge >= 0.3 is 11.9 Å².